The summed E-state index contributed by atoms with van der Waals surface area (Å²) in [6.07, 6.45) is 0. The molecule has 4 heteroatoms. The smallest absolute Gasteiger partial charge is 0.164 e. The number of rotatable bonds is 4. The van der Waals surface area contributed by atoms with Crippen molar-refractivity contribution in [1.29, 1.82) is 0 Å². The molecule has 0 saturated heterocycles. The molecule has 0 aliphatic rings. The van der Waals surface area contributed by atoms with Crippen LogP contribution < -0.4 is 0 Å². The maximum Gasteiger partial charge on any atom is 0.164 e. The lowest BCUT2D eigenvalue weighted by Crippen LogP contribution is -2.01. The summed E-state index contributed by atoms with van der Waals surface area (Å²) in [6.45, 7) is 0. The molecule has 2 heterocycles. The van der Waals surface area contributed by atoms with E-state index in [1.54, 1.807) is 0 Å². The average Bonchev–Trinajstić information content (AvgIpc) is 3.48. The summed E-state index contributed by atoms with van der Waals surface area (Å²) >= 11 is 0. The third-order valence-corrected chi connectivity index (χ3v) is 8.49. The van der Waals surface area contributed by atoms with E-state index < -0.39 is 0 Å². The van der Waals surface area contributed by atoms with Crippen LogP contribution in [0.25, 0.3) is 88.8 Å². The molecule has 0 aliphatic carbocycles. The first-order chi connectivity index (χ1) is 22.3. The van der Waals surface area contributed by atoms with Gasteiger partial charge in [-0.2, -0.15) is 0 Å². The number of hydrogen-bond donors (Lipinski definition) is 0. The van der Waals surface area contributed by atoms with Crippen LogP contribution in [-0.2, 0) is 0 Å². The molecule has 0 spiro atoms. The first kappa shape index (κ1) is 25.4. The lowest BCUT2D eigenvalue weighted by molar-refractivity contribution is 0.669. The SMILES string of the molecule is c1ccc(-c2nc(-c3ccc4ccccc4c3)nc(-c3cc4oc5ccccc5c4cc3-c3ccc4ccccc4c3)n2)cc1. The highest BCUT2D eigenvalue weighted by Crippen LogP contribution is 2.40. The van der Waals surface area contributed by atoms with E-state index in [-0.39, 0.29) is 0 Å². The van der Waals surface area contributed by atoms with E-state index in [0.29, 0.717) is 17.5 Å². The molecule has 9 rings (SSSR count). The minimum atomic E-state index is 0.595. The zero-order chi connectivity index (χ0) is 29.7. The van der Waals surface area contributed by atoms with Gasteiger partial charge in [0.25, 0.3) is 0 Å². The van der Waals surface area contributed by atoms with E-state index in [4.69, 9.17) is 19.4 Å². The van der Waals surface area contributed by atoms with Gasteiger partial charge in [-0.1, -0.05) is 121 Å². The number of hydrogen-bond acceptors (Lipinski definition) is 4. The van der Waals surface area contributed by atoms with Crippen LogP contribution in [0.1, 0.15) is 0 Å². The fourth-order valence-corrected chi connectivity index (χ4v) is 6.22. The Labute approximate surface area is 259 Å². The summed E-state index contributed by atoms with van der Waals surface area (Å²) in [4.78, 5) is 15.3. The van der Waals surface area contributed by atoms with Gasteiger partial charge in [-0.25, -0.2) is 15.0 Å². The molecule has 4 nitrogen and oxygen atoms in total. The number of fused-ring (bicyclic) bond motifs is 5. The topological polar surface area (TPSA) is 51.8 Å². The first-order valence-corrected chi connectivity index (χ1v) is 15.0. The Morgan fingerprint density at radius 3 is 1.67 bits per heavy atom. The molecule has 0 radical (unpaired) electrons. The highest BCUT2D eigenvalue weighted by atomic mass is 16.3. The van der Waals surface area contributed by atoms with Crippen LogP contribution in [-0.4, -0.2) is 15.0 Å². The Balaban J connectivity index is 1.34. The monoisotopic (exact) mass is 575 g/mol. The summed E-state index contributed by atoms with van der Waals surface area (Å²) in [5, 5.41) is 6.83. The fraction of sp³-hybridized carbons (Fsp3) is 0. The molecule has 7 aromatic carbocycles. The number of furan rings is 1. The third-order valence-electron chi connectivity index (χ3n) is 8.49. The number of aromatic nitrogens is 3. The summed E-state index contributed by atoms with van der Waals surface area (Å²) in [5.41, 5.74) is 6.53. The van der Waals surface area contributed by atoms with E-state index in [9.17, 15) is 0 Å². The average molecular weight is 576 g/mol. The predicted octanol–water partition coefficient (Wildman–Crippen LogP) is 10.7. The Morgan fingerprint density at radius 2 is 0.911 bits per heavy atom. The van der Waals surface area contributed by atoms with Gasteiger partial charge in [0.2, 0.25) is 0 Å². The highest BCUT2D eigenvalue weighted by Gasteiger charge is 2.19. The molecular formula is C41H25N3O. The van der Waals surface area contributed by atoms with Gasteiger partial charge in [-0.15, -0.1) is 0 Å². The van der Waals surface area contributed by atoms with Crippen LogP contribution >= 0.6 is 0 Å². The van der Waals surface area contributed by atoms with Crippen molar-refractivity contribution in [2.24, 2.45) is 0 Å². The van der Waals surface area contributed by atoms with Gasteiger partial charge in [0.05, 0.1) is 0 Å². The van der Waals surface area contributed by atoms with Crippen LogP contribution in [0.5, 0.6) is 0 Å². The lowest BCUT2D eigenvalue weighted by atomic mass is 9.94. The molecule has 0 amide bonds. The maximum atomic E-state index is 6.38. The van der Waals surface area contributed by atoms with Gasteiger partial charge in [0.1, 0.15) is 11.2 Å². The Kier molecular flexibility index (Phi) is 5.78. The molecule has 9 aromatic rings. The second-order valence-electron chi connectivity index (χ2n) is 11.3. The second-order valence-corrected chi connectivity index (χ2v) is 11.3. The molecule has 0 unspecified atom stereocenters. The van der Waals surface area contributed by atoms with Crippen LogP contribution in [0.15, 0.2) is 156 Å². The molecule has 0 atom stereocenters. The predicted molar refractivity (Wildman–Crippen MR) is 184 cm³/mol. The third kappa shape index (κ3) is 4.43. The fourth-order valence-electron chi connectivity index (χ4n) is 6.22. The van der Waals surface area contributed by atoms with Gasteiger partial charge in [0, 0.05) is 27.5 Å². The Morgan fingerprint density at radius 1 is 0.333 bits per heavy atom. The molecule has 0 bridgehead atoms. The molecular weight excluding hydrogens is 550 g/mol. The normalized spacial score (nSPS) is 11.6. The van der Waals surface area contributed by atoms with Crippen LogP contribution in [0.4, 0.5) is 0 Å². The number of para-hydroxylation sites is 1. The molecule has 0 N–H and O–H groups in total. The zero-order valence-corrected chi connectivity index (χ0v) is 24.2. The minimum absolute atomic E-state index is 0.595. The van der Waals surface area contributed by atoms with E-state index in [1.807, 2.05) is 42.5 Å². The summed E-state index contributed by atoms with van der Waals surface area (Å²) in [5.74, 6) is 1.84. The molecule has 2 aromatic heterocycles. The van der Waals surface area contributed by atoms with Crippen molar-refractivity contribution in [1.82, 2.24) is 15.0 Å². The van der Waals surface area contributed by atoms with E-state index in [0.717, 1.165) is 55.1 Å². The highest BCUT2D eigenvalue weighted by molar-refractivity contribution is 6.09. The molecule has 210 valence electrons. The van der Waals surface area contributed by atoms with Gasteiger partial charge in [-0.05, 0) is 63.0 Å². The minimum Gasteiger partial charge on any atom is -0.456 e. The maximum absolute atomic E-state index is 6.38. The van der Waals surface area contributed by atoms with Crippen molar-refractivity contribution in [2.45, 2.75) is 0 Å². The van der Waals surface area contributed by atoms with Gasteiger partial charge in [0.15, 0.2) is 17.5 Å². The molecule has 0 fully saturated rings. The summed E-state index contributed by atoms with van der Waals surface area (Å²) < 4.78 is 6.38. The van der Waals surface area contributed by atoms with Crippen molar-refractivity contribution < 1.29 is 4.42 Å². The van der Waals surface area contributed by atoms with Gasteiger partial charge in [-0.3, -0.25) is 0 Å². The van der Waals surface area contributed by atoms with Gasteiger partial charge < -0.3 is 4.42 Å². The second kappa shape index (κ2) is 10.2. The van der Waals surface area contributed by atoms with E-state index >= 15 is 0 Å². The van der Waals surface area contributed by atoms with E-state index in [2.05, 4.69) is 109 Å². The lowest BCUT2D eigenvalue weighted by Gasteiger charge is -2.13. The molecule has 45 heavy (non-hydrogen) atoms. The standard InChI is InChI=1S/C41H25N3O/c1-2-12-28(13-3-1)39-42-40(32-21-19-27-11-5-7-15-30(27)23-32)44-41(43-39)36-25-38-35(33-16-8-9-17-37(33)45-38)24-34(36)31-20-18-26-10-4-6-14-29(26)22-31/h1-25H. The quantitative estimate of drug-likeness (QED) is 0.209. The Bertz CT molecular complexity index is 2550. The number of benzene rings is 7. The van der Waals surface area contributed by atoms with Crippen molar-refractivity contribution in [3.63, 3.8) is 0 Å². The molecule has 0 saturated carbocycles. The van der Waals surface area contributed by atoms with E-state index in [1.165, 1.54) is 16.2 Å². The van der Waals surface area contributed by atoms with Crippen molar-refractivity contribution in [2.75, 3.05) is 0 Å². The van der Waals surface area contributed by atoms with Crippen LogP contribution in [0.2, 0.25) is 0 Å². The van der Waals surface area contributed by atoms with Crippen molar-refractivity contribution in [3.05, 3.63) is 152 Å². The van der Waals surface area contributed by atoms with Crippen molar-refractivity contribution in [3.8, 4) is 45.3 Å². The largest absolute Gasteiger partial charge is 0.456 e. The van der Waals surface area contributed by atoms with Crippen molar-refractivity contribution >= 4 is 43.5 Å². The first-order valence-electron chi connectivity index (χ1n) is 15.0. The zero-order valence-electron chi connectivity index (χ0n) is 24.2. The number of nitrogens with zero attached hydrogens (tertiary/aromatic N) is 3. The summed E-state index contributed by atoms with van der Waals surface area (Å²) in [7, 11) is 0. The Hall–Kier alpha value is -6.13. The summed E-state index contributed by atoms with van der Waals surface area (Å²) in [6, 6.07) is 52.3. The van der Waals surface area contributed by atoms with Crippen LogP contribution in [0, 0.1) is 0 Å². The molecule has 0 aliphatic heterocycles. The van der Waals surface area contributed by atoms with Crippen LogP contribution in [0.3, 0.4) is 0 Å². The van der Waals surface area contributed by atoms with Gasteiger partial charge >= 0.3 is 0 Å².